The van der Waals surface area contributed by atoms with Gasteiger partial charge < -0.3 is 9.64 Å². The Hall–Kier alpha value is -1.09. The molecule has 2 heterocycles. The lowest BCUT2D eigenvalue weighted by atomic mass is 10.1. The summed E-state index contributed by atoms with van der Waals surface area (Å²) in [6, 6.07) is 6.11. The van der Waals surface area contributed by atoms with E-state index in [9.17, 15) is 0 Å². The number of pyridine rings is 1. The maximum Gasteiger partial charge on any atom is 0.128 e. The molecule has 0 amide bonds. The van der Waals surface area contributed by atoms with Crippen LogP contribution in [0.1, 0.15) is 25.7 Å². The van der Waals surface area contributed by atoms with E-state index in [2.05, 4.69) is 22.0 Å². The second-order valence-corrected chi connectivity index (χ2v) is 5.17. The minimum atomic E-state index is 0.409. The Bertz CT molecular complexity index is 350. The Morgan fingerprint density at radius 2 is 2.24 bits per heavy atom. The molecule has 0 spiro atoms. The van der Waals surface area contributed by atoms with Crippen LogP contribution in [0.3, 0.4) is 0 Å². The van der Waals surface area contributed by atoms with Crippen LogP contribution < -0.4 is 4.90 Å². The summed E-state index contributed by atoms with van der Waals surface area (Å²) in [5.41, 5.74) is 0. The highest BCUT2D eigenvalue weighted by Crippen LogP contribution is 2.30. The van der Waals surface area contributed by atoms with Gasteiger partial charge in [0.1, 0.15) is 5.82 Å². The van der Waals surface area contributed by atoms with Crippen molar-refractivity contribution in [2.45, 2.75) is 31.8 Å². The van der Waals surface area contributed by atoms with Gasteiger partial charge in [0.2, 0.25) is 0 Å². The van der Waals surface area contributed by atoms with Crippen molar-refractivity contribution in [1.29, 1.82) is 0 Å². The fourth-order valence-electron chi connectivity index (χ4n) is 2.38. The fourth-order valence-corrected chi connectivity index (χ4v) is 2.38. The summed E-state index contributed by atoms with van der Waals surface area (Å²) in [5.74, 6) is 1.95. The lowest BCUT2D eigenvalue weighted by molar-refractivity contribution is 0.0367. The summed E-state index contributed by atoms with van der Waals surface area (Å²) in [5, 5.41) is 0. The molecular formula is C14H20N2O. The molecule has 1 aliphatic carbocycles. The average molecular weight is 232 g/mol. The third-order valence-electron chi connectivity index (χ3n) is 3.62. The van der Waals surface area contributed by atoms with E-state index in [0.717, 1.165) is 31.4 Å². The van der Waals surface area contributed by atoms with E-state index in [1.54, 1.807) is 0 Å². The van der Waals surface area contributed by atoms with Crippen LogP contribution in [-0.2, 0) is 4.74 Å². The summed E-state index contributed by atoms with van der Waals surface area (Å²) >= 11 is 0. The summed E-state index contributed by atoms with van der Waals surface area (Å²) in [6.07, 6.45) is 7.44. The van der Waals surface area contributed by atoms with Crippen molar-refractivity contribution in [2.24, 2.45) is 5.92 Å². The molecule has 0 aromatic carbocycles. The second kappa shape index (κ2) is 5.05. The van der Waals surface area contributed by atoms with Crippen LogP contribution in [0.25, 0.3) is 0 Å². The normalized spacial score (nSPS) is 24.9. The minimum Gasteiger partial charge on any atom is -0.376 e. The number of nitrogens with zero attached hydrogens (tertiary/aromatic N) is 2. The standard InChI is InChI=1S/C14H20N2O/c1-2-8-15-14(5-1)16-9-3-4-13(10-16)17-11-12-6-7-12/h1-2,5,8,12-13H,3-4,6-7,9-11H2. The van der Waals surface area contributed by atoms with E-state index in [4.69, 9.17) is 4.74 Å². The van der Waals surface area contributed by atoms with Gasteiger partial charge in [0.25, 0.3) is 0 Å². The van der Waals surface area contributed by atoms with E-state index in [0.29, 0.717) is 6.10 Å². The maximum atomic E-state index is 5.99. The SMILES string of the molecule is c1ccc(N2CCCC(OCC3CC3)C2)nc1. The smallest absolute Gasteiger partial charge is 0.128 e. The minimum absolute atomic E-state index is 0.409. The van der Waals surface area contributed by atoms with Gasteiger partial charge in [-0.2, -0.15) is 0 Å². The first-order chi connectivity index (χ1) is 8.42. The van der Waals surface area contributed by atoms with Crippen molar-refractivity contribution in [2.75, 3.05) is 24.6 Å². The van der Waals surface area contributed by atoms with Crippen molar-refractivity contribution < 1.29 is 4.74 Å². The van der Waals surface area contributed by atoms with Crippen molar-refractivity contribution in [3.63, 3.8) is 0 Å². The second-order valence-electron chi connectivity index (χ2n) is 5.17. The highest BCUT2D eigenvalue weighted by Gasteiger charge is 2.26. The summed E-state index contributed by atoms with van der Waals surface area (Å²) in [6.45, 7) is 3.09. The lowest BCUT2D eigenvalue weighted by Crippen LogP contribution is -2.40. The number of aromatic nitrogens is 1. The molecule has 0 radical (unpaired) electrons. The van der Waals surface area contributed by atoms with Gasteiger partial charge in [-0.3, -0.25) is 0 Å². The Balaban J connectivity index is 1.55. The molecular weight excluding hydrogens is 212 g/mol. The van der Waals surface area contributed by atoms with Gasteiger partial charge in [0.05, 0.1) is 6.10 Å². The molecule has 1 aliphatic heterocycles. The van der Waals surface area contributed by atoms with Crippen LogP contribution in [0, 0.1) is 5.92 Å². The Kier molecular flexibility index (Phi) is 3.27. The molecule has 1 aromatic heterocycles. The highest BCUT2D eigenvalue weighted by atomic mass is 16.5. The first-order valence-corrected chi connectivity index (χ1v) is 6.69. The number of hydrogen-bond donors (Lipinski definition) is 0. The molecule has 3 rings (SSSR count). The molecule has 2 fully saturated rings. The number of anilines is 1. The first kappa shape index (κ1) is 11.0. The van der Waals surface area contributed by atoms with Crippen LogP contribution in [0.15, 0.2) is 24.4 Å². The lowest BCUT2D eigenvalue weighted by Gasteiger charge is -2.33. The van der Waals surface area contributed by atoms with Gasteiger partial charge in [0, 0.05) is 25.9 Å². The predicted octanol–water partition coefficient (Wildman–Crippen LogP) is 2.48. The average Bonchev–Trinajstić information content (AvgIpc) is 3.22. The largest absolute Gasteiger partial charge is 0.376 e. The molecule has 1 saturated heterocycles. The van der Waals surface area contributed by atoms with Gasteiger partial charge in [-0.15, -0.1) is 0 Å². The zero-order chi connectivity index (χ0) is 11.5. The van der Waals surface area contributed by atoms with Crippen molar-refractivity contribution >= 4 is 5.82 Å². The predicted molar refractivity (Wildman–Crippen MR) is 68.1 cm³/mol. The van der Waals surface area contributed by atoms with Crippen LogP contribution in [0.5, 0.6) is 0 Å². The van der Waals surface area contributed by atoms with Crippen LogP contribution in [0.2, 0.25) is 0 Å². The monoisotopic (exact) mass is 232 g/mol. The Morgan fingerprint density at radius 3 is 3.00 bits per heavy atom. The highest BCUT2D eigenvalue weighted by molar-refractivity contribution is 5.38. The number of rotatable bonds is 4. The summed E-state index contributed by atoms with van der Waals surface area (Å²) in [4.78, 5) is 6.76. The number of piperidine rings is 1. The van der Waals surface area contributed by atoms with E-state index in [-0.39, 0.29) is 0 Å². The van der Waals surface area contributed by atoms with Crippen molar-refractivity contribution in [1.82, 2.24) is 4.98 Å². The van der Waals surface area contributed by atoms with Gasteiger partial charge in [-0.05, 0) is 43.7 Å². The molecule has 3 heteroatoms. The number of ether oxygens (including phenoxy) is 1. The van der Waals surface area contributed by atoms with Crippen LogP contribution >= 0.6 is 0 Å². The van der Waals surface area contributed by atoms with Crippen LogP contribution in [0.4, 0.5) is 5.82 Å². The Morgan fingerprint density at radius 1 is 1.29 bits per heavy atom. The molecule has 92 valence electrons. The topological polar surface area (TPSA) is 25.4 Å². The van der Waals surface area contributed by atoms with E-state index < -0.39 is 0 Å². The summed E-state index contributed by atoms with van der Waals surface area (Å²) in [7, 11) is 0. The van der Waals surface area contributed by atoms with Gasteiger partial charge in [-0.1, -0.05) is 6.07 Å². The number of hydrogen-bond acceptors (Lipinski definition) is 3. The third kappa shape index (κ3) is 2.97. The molecule has 1 saturated carbocycles. The van der Waals surface area contributed by atoms with Gasteiger partial charge >= 0.3 is 0 Å². The molecule has 0 bridgehead atoms. The maximum absolute atomic E-state index is 5.99. The zero-order valence-electron chi connectivity index (χ0n) is 10.2. The fraction of sp³-hybridized carbons (Fsp3) is 0.643. The van der Waals surface area contributed by atoms with Gasteiger partial charge in [-0.25, -0.2) is 4.98 Å². The quantitative estimate of drug-likeness (QED) is 0.797. The first-order valence-electron chi connectivity index (χ1n) is 6.69. The zero-order valence-corrected chi connectivity index (χ0v) is 10.2. The molecule has 1 aromatic rings. The molecule has 17 heavy (non-hydrogen) atoms. The molecule has 2 aliphatic rings. The molecule has 1 atom stereocenters. The van der Waals surface area contributed by atoms with Crippen molar-refractivity contribution in [3.8, 4) is 0 Å². The summed E-state index contributed by atoms with van der Waals surface area (Å²) < 4.78 is 5.99. The van der Waals surface area contributed by atoms with E-state index >= 15 is 0 Å². The third-order valence-corrected chi connectivity index (χ3v) is 3.62. The molecule has 0 N–H and O–H groups in total. The molecule has 3 nitrogen and oxygen atoms in total. The molecule has 1 unspecified atom stereocenters. The van der Waals surface area contributed by atoms with Gasteiger partial charge in [0.15, 0.2) is 0 Å². The van der Waals surface area contributed by atoms with E-state index in [1.807, 2.05) is 12.3 Å². The Labute approximate surface area is 103 Å². The van der Waals surface area contributed by atoms with E-state index in [1.165, 1.54) is 25.7 Å². The van der Waals surface area contributed by atoms with Crippen LogP contribution in [-0.4, -0.2) is 30.8 Å². The van der Waals surface area contributed by atoms with Crippen molar-refractivity contribution in [3.05, 3.63) is 24.4 Å².